The van der Waals surface area contributed by atoms with Gasteiger partial charge in [-0.3, -0.25) is 13.8 Å². The minimum atomic E-state index is -4.13. The molecule has 0 saturated carbocycles. The molecule has 12 heteroatoms. The molecule has 0 bridgehead atoms. The first kappa shape index (κ1) is 29.7. The van der Waals surface area contributed by atoms with Crippen LogP contribution in [0.3, 0.4) is 0 Å². The molecule has 0 aliphatic heterocycles. The summed E-state index contributed by atoms with van der Waals surface area (Å²) in [7, 11) is -0.245. The summed E-state index contributed by atoms with van der Waals surface area (Å²) >= 11 is 0. The number of likely N-dealkylation sites (N-methyl/N-ethyl adjacent to an activating group) is 1. The third-order valence-electron chi connectivity index (χ3n) is 6.24. The number of fused-ring (bicyclic) bond motifs is 1. The summed E-state index contributed by atoms with van der Waals surface area (Å²) in [4.78, 5) is 23.0. The zero-order valence-electron chi connectivity index (χ0n) is 23.0. The number of phosphoric acid groups is 1. The van der Waals surface area contributed by atoms with Crippen LogP contribution < -0.4 is 5.73 Å². The van der Waals surface area contributed by atoms with E-state index in [1.54, 1.807) is 6.92 Å². The Balaban J connectivity index is 2.13. The van der Waals surface area contributed by atoms with Crippen molar-refractivity contribution in [3.05, 3.63) is 47.0 Å². The number of aromatic hydroxyl groups is 1. The number of hydrogen-bond acceptors (Lipinski definition) is 7. The van der Waals surface area contributed by atoms with E-state index < -0.39 is 19.1 Å². The first-order valence-electron chi connectivity index (χ1n) is 12.6. The molecule has 0 spiro atoms. The van der Waals surface area contributed by atoms with Crippen molar-refractivity contribution < 1.29 is 32.9 Å². The van der Waals surface area contributed by atoms with E-state index in [4.69, 9.17) is 14.8 Å². The number of aryl methyl sites for hydroxylation is 1. The first-order valence-corrected chi connectivity index (χ1v) is 14.1. The Morgan fingerprint density at radius 2 is 1.76 bits per heavy atom. The quantitative estimate of drug-likeness (QED) is 0.230. The standard InChI is InChI=1S/C26H38N5O6P/c1-7-36-38(34,35)37-15-14-31(5,6)17-19-18(12-13-23(27)32)16-20(26(2,3)4)25(33)24(19)30-28-21-10-8-9-11-22(21)29-30/h8-11,16H,7,12-15,17H2,1-6H3,(H3-,27,32,33,34,35)/p+1. The number of nitrogens with two attached hydrogens (primary N) is 1. The van der Waals surface area contributed by atoms with E-state index in [0.29, 0.717) is 46.3 Å². The molecular weight excluding hydrogens is 509 g/mol. The van der Waals surface area contributed by atoms with E-state index >= 15 is 0 Å². The number of primary amides is 1. The van der Waals surface area contributed by atoms with Gasteiger partial charge in [0.05, 0.1) is 20.7 Å². The minimum absolute atomic E-state index is 0.0251. The summed E-state index contributed by atoms with van der Waals surface area (Å²) in [6.45, 7) is 8.39. The number of quaternary nitrogens is 1. The van der Waals surface area contributed by atoms with Crippen LogP contribution in [0, 0.1) is 0 Å². The van der Waals surface area contributed by atoms with E-state index in [0.717, 1.165) is 11.1 Å². The lowest BCUT2D eigenvalue weighted by Crippen LogP contribution is -2.42. The van der Waals surface area contributed by atoms with Crippen LogP contribution >= 0.6 is 7.82 Å². The fourth-order valence-electron chi connectivity index (χ4n) is 4.27. The smallest absolute Gasteiger partial charge is 0.472 e. The van der Waals surface area contributed by atoms with Gasteiger partial charge in [-0.15, -0.1) is 15.0 Å². The Morgan fingerprint density at radius 1 is 1.16 bits per heavy atom. The highest BCUT2D eigenvalue weighted by Crippen LogP contribution is 2.43. The van der Waals surface area contributed by atoms with Crippen molar-refractivity contribution >= 4 is 24.8 Å². The van der Waals surface area contributed by atoms with E-state index in [9.17, 15) is 19.4 Å². The van der Waals surface area contributed by atoms with Crippen molar-refractivity contribution in [2.45, 2.75) is 52.5 Å². The number of phenolic OH excluding ortho intramolecular Hbond substituents is 1. The van der Waals surface area contributed by atoms with Crippen molar-refractivity contribution in [1.29, 1.82) is 0 Å². The van der Waals surface area contributed by atoms with E-state index in [1.165, 1.54) is 4.80 Å². The van der Waals surface area contributed by atoms with Gasteiger partial charge in [0.25, 0.3) is 0 Å². The summed E-state index contributed by atoms with van der Waals surface area (Å²) in [5.74, 6) is -0.370. The third-order valence-corrected chi connectivity index (χ3v) is 7.33. The lowest BCUT2D eigenvalue weighted by molar-refractivity contribution is -0.903. The number of aromatic nitrogens is 3. The van der Waals surface area contributed by atoms with Crippen molar-refractivity contribution in [3.63, 3.8) is 0 Å². The molecule has 1 atom stereocenters. The zero-order valence-corrected chi connectivity index (χ0v) is 23.9. The maximum atomic E-state index is 12.0. The molecule has 0 saturated heterocycles. The largest absolute Gasteiger partial charge is 0.505 e. The fraction of sp³-hybridized carbons (Fsp3) is 0.500. The highest BCUT2D eigenvalue weighted by Gasteiger charge is 2.31. The van der Waals surface area contributed by atoms with Gasteiger partial charge in [0.2, 0.25) is 5.91 Å². The molecule has 1 unspecified atom stereocenters. The van der Waals surface area contributed by atoms with Gasteiger partial charge in [0, 0.05) is 17.5 Å². The fourth-order valence-corrected chi connectivity index (χ4v) is 4.98. The molecular formula is C26H39N5O6P+. The Bertz CT molecular complexity index is 1310. The van der Waals surface area contributed by atoms with E-state index in [2.05, 4.69) is 10.2 Å². The van der Waals surface area contributed by atoms with Gasteiger partial charge < -0.3 is 20.2 Å². The second-order valence-corrected chi connectivity index (χ2v) is 12.4. The molecule has 1 heterocycles. The molecule has 1 amide bonds. The van der Waals surface area contributed by atoms with Crippen LogP contribution in [0.4, 0.5) is 0 Å². The maximum Gasteiger partial charge on any atom is 0.472 e. The number of hydrogen-bond donors (Lipinski definition) is 3. The number of amides is 1. The normalized spacial score (nSPS) is 14.1. The minimum Gasteiger partial charge on any atom is -0.505 e. The van der Waals surface area contributed by atoms with Gasteiger partial charge in [-0.05, 0) is 36.5 Å². The SMILES string of the molecule is CCOP(=O)(O)OCC[N+](C)(C)Cc1c(CCC(N)=O)cc(C(C)(C)C)c(O)c1-n1nc2ccccc2n1. The molecule has 0 radical (unpaired) electrons. The lowest BCUT2D eigenvalue weighted by atomic mass is 9.82. The number of carbonyl (C=O) groups is 1. The van der Waals surface area contributed by atoms with Crippen molar-refractivity contribution in [1.82, 2.24) is 15.0 Å². The van der Waals surface area contributed by atoms with Gasteiger partial charge in [0.1, 0.15) is 42.2 Å². The monoisotopic (exact) mass is 548 g/mol. The van der Waals surface area contributed by atoms with Gasteiger partial charge in [-0.1, -0.05) is 39.0 Å². The summed E-state index contributed by atoms with van der Waals surface area (Å²) < 4.78 is 22.2. The zero-order chi connectivity index (χ0) is 28.3. The van der Waals surface area contributed by atoms with Crippen LogP contribution in [0.5, 0.6) is 5.75 Å². The average Bonchev–Trinajstić information content (AvgIpc) is 3.20. The van der Waals surface area contributed by atoms with Crippen LogP contribution in [-0.4, -0.2) is 69.2 Å². The van der Waals surface area contributed by atoms with Crippen LogP contribution in [0.15, 0.2) is 30.3 Å². The molecule has 1 aromatic heterocycles. The van der Waals surface area contributed by atoms with Crippen LogP contribution in [-0.2, 0) is 36.8 Å². The summed E-state index contributed by atoms with van der Waals surface area (Å²) in [5, 5.41) is 20.9. The van der Waals surface area contributed by atoms with Crippen LogP contribution in [0.2, 0.25) is 0 Å². The van der Waals surface area contributed by atoms with Crippen LogP contribution in [0.25, 0.3) is 16.7 Å². The molecule has 3 aromatic rings. The van der Waals surface area contributed by atoms with Gasteiger partial charge in [0.15, 0.2) is 0 Å². The molecule has 0 aliphatic rings. The summed E-state index contributed by atoms with van der Waals surface area (Å²) in [6, 6.07) is 9.36. The highest BCUT2D eigenvalue weighted by molar-refractivity contribution is 7.47. The Morgan fingerprint density at radius 3 is 2.29 bits per heavy atom. The molecule has 0 aliphatic carbocycles. The molecule has 3 rings (SSSR count). The number of benzene rings is 2. The van der Waals surface area contributed by atoms with Crippen molar-refractivity contribution in [2.75, 3.05) is 33.9 Å². The predicted molar refractivity (Wildman–Crippen MR) is 145 cm³/mol. The first-order chi connectivity index (χ1) is 17.6. The Labute approximate surface area is 223 Å². The second kappa shape index (κ2) is 11.5. The van der Waals surface area contributed by atoms with E-state index in [-0.39, 0.29) is 25.4 Å². The predicted octanol–water partition coefficient (Wildman–Crippen LogP) is 3.57. The van der Waals surface area contributed by atoms with Gasteiger partial charge in [-0.25, -0.2) is 4.57 Å². The molecule has 208 valence electrons. The van der Waals surface area contributed by atoms with Crippen molar-refractivity contribution in [2.24, 2.45) is 5.73 Å². The lowest BCUT2D eigenvalue weighted by Gasteiger charge is -2.33. The molecule has 4 N–H and O–H groups in total. The number of carbonyl (C=O) groups excluding carboxylic acids is 1. The average molecular weight is 549 g/mol. The number of rotatable bonds is 12. The van der Waals surface area contributed by atoms with Gasteiger partial charge in [-0.2, -0.15) is 0 Å². The second-order valence-electron chi connectivity index (χ2n) is 11.0. The van der Waals surface area contributed by atoms with E-state index in [1.807, 2.05) is 65.2 Å². The summed E-state index contributed by atoms with van der Waals surface area (Å²) in [5.41, 5.74) is 9.17. The molecule has 0 fully saturated rings. The topological polar surface area (TPSA) is 150 Å². The number of phosphoric ester groups is 1. The third kappa shape index (κ3) is 7.39. The number of nitrogens with zero attached hydrogens (tertiary/aromatic N) is 4. The summed E-state index contributed by atoms with van der Waals surface area (Å²) in [6.07, 6.45) is 0.502. The van der Waals surface area contributed by atoms with Crippen LogP contribution in [0.1, 0.15) is 50.8 Å². The maximum absolute atomic E-state index is 12.0. The highest BCUT2D eigenvalue weighted by atomic mass is 31.2. The number of phenols is 1. The molecule has 38 heavy (non-hydrogen) atoms. The molecule has 11 nitrogen and oxygen atoms in total. The van der Waals surface area contributed by atoms with Gasteiger partial charge >= 0.3 is 7.82 Å². The Kier molecular flexibility index (Phi) is 9.00. The Hall–Kier alpha value is -2.82. The molecule has 2 aromatic carbocycles. The van der Waals surface area contributed by atoms with Crippen molar-refractivity contribution in [3.8, 4) is 11.4 Å².